The SMILES string of the molecule is O=C(CCC(F)(F)F)Nc1cccc(-c2cnc3cc(-c4cccc(CCO)c4)ccn23)c1. The van der Waals surface area contributed by atoms with Crippen LogP contribution >= 0.6 is 0 Å². The molecule has 4 aromatic rings. The zero-order chi connectivity index (χ0) is 23.4. The van der Waals surface area contributed by atoms with Crippen LogP contribution in [0.4, 0.5) is 18.9 Å². The summed E-state index contributed by atoms with van der Waals surface area (Å²) < 4.78 is 38.9. The van der Waals surface area contributed by atoms with Crippen molar-refractivity contribution in [3.63, 3.8) is 0 Å². The van der Waals surface area contributed by atoms with Crippen molar-refractivity contribution in [3.8, 4) is 22.4 Å². The highest BCUT2D eigenvalue weighted by molar-refractivity contribution is 5.91. The summed E-state index contributed by atoms with van der Waals surface area (Å²) in [6.45, 7) is 0.0912. The molecule has 0 aliphatic rings. The van der Waals surface area contributed by atoms with Crippen molar-refractivity contribution < 1.29 is 23.1 Å². The summed E-state index contributed by atoms with van der Waals surface area (Å²) in [7, 11) is 0. The maximum atomic E-state index is 12.3. The van der Waals surface area contributed by atoms with E-state index >= 15 is 0 Å². The molecule has 0 aliphatic carbocycles. The maximum Gasteiger partial charge on any atom is 0.389 e. The number of amides is 1. The van der Waals surface area contributed by atoms with Crippen molar-refractivity contribution in [1.29, 1.82) is 0 Å². The number of alkyl halides is 3. The van der Waals surface area contributed by atoms with Gasteiger partial charge in [0.15, 0.2) is 0 Å². The fourth-order valence-electron chi connectivity index (χ4n) is 3.64. The van der Waals surface area contributed by atoms with Crippen LogP contribution in [0.2, 0.25) is 0 Å². The van der Waals surface area contributed by atoms with E-state index < -0.39 is 24.9 Å². The van der Waals surface area contributed by atoms with Crippen LogP contribution in [0.25, 0.3) is 28.0 Å². The molecule has 2 aromatic carbocycles. The van der Waals surface area contributed by atoms with Crippen LogP contribution < -0.4 is 5.32 Å². The van der Waals surface area contributed by atoms with E-state index in [2.05, 4.69) is 10.3 Å². The number of pyridine rings is 1. The van der Waals surface area contributed by atoms with Gasteiger partial charge in [0.2, 0.25) is 5.91 Å². The number of fused-ring (bicyclic) bond motifs is 1. The summed E-state index contributed by atoms with van der Waals surface area (Å²) in [6.07, 6.45) is -1.93. The second-order valence-corrected chi connectivity index (χ2v) is 7.71. The molecule has 1 amide bonds. The lowest BCUT2D eigenvalue weighted by molar-refractivity contribution is -0.142. The normalized spacial score (nSPS) is 11.6. The smallest absolute Gasteiger partial charge is 0.389 e. The van der Waals surface area contributed by atoms with Crippen LogP contribution in [-0.4, -0.2) is 33.2 Å². The Morgan fingerprint density at radius 3 is 2.55 bits per heavy atom. The number of carbonyl (C=O) groups is 1. The van der Waals surface area contributed by atoms with Gasteiger partial charge in [-0.25, -0.2) is 4.98 Å². The molecular weight excluding hydrogens is 431 g/mol. The number of carbonyl (C=O) groups excluding carboxylic acids is 1. The first-order valence-corrected chi connectivity index (χ1v) is 10.5. The first-order chi connectivity index (χ1) is 15.8. The van der Waals surface area contributed by atoms with E-state index in [4.69, 9.17) is 0 Å². The van der Waals surface area contributed by atoms with Crippen molar-refractivity contribution in [2.24, 2.45) is 0 Å². The molecule has 170 valence electrons. The zero-order valence-corrected chi connectivity index (χ0v) is 17.6. The molecule has 2 N–H and O–H groups in total. The second kappa shape index (κ2) is 9.46. The third-order valence-electron chi connectivity index (χ3n) is 5.25. The van der Waals surface area contributed by atoms with Crippen LogP contribution in [0.3, 0.4) is 0 Å². The number of nitrogens with one attached hydrogen (secondary N) is 1. The fraction of sp³-hybridized carbons (Fsp3) is 0.200. The lowest BCUT2D eigenvalue weighted by Crippen LogP contribution is -2.16. The number of nitrogens with zero attached hydrogens (tertiary/aromatic N) is 2. The molecule has 0 saturated heterocycles. The Hall–Kier alpha value is -3.65. The van der Waals surface area contributed by atoms with Crippen LogP contribution in [0.5, 0.6) is 0 Å². The molecule has 0 atom stereocenters. The van der Waals surface area contributed by atoms with E-state index in [1.807, 2.05) is 53.1 Å². The monoisotopic (exact) mass is 453 g/mol. The van der Waals surface area contributed by atoms with E-state index in [-0.39, 0.29) is 6.61 Å². The Morgan fingerprint density at radius 2 is 1.76 bits per heavy atom. The molecular formula is C25H22F3N3O2. The Kier molecular flexibility index (Phi) is 6.46. The van der Waals surface area contributed by atoms with Gasteiger partial charge in [0.1, 0.15) is 5.65 Å². The lowest BCUT2D eigenvalue weighted by atomic mass is 10.0. The summed E-state index contributed by atoms with van der Waals surface area (Å²) in [5.41, 5.74) is 5.78. The molecule has 0 radical (unpaired) electrons. The van der Waals surface area contributed by atoms with Crippen LogP contribution in [0.1, 0.15) is 18.4 Å². The molecule has 2 aromatic heterocycles. The minimum absolute atomic E-state index is 0.0912. The zero-order valence-electron chi connectivity index (χ0n) is 17.6. The number of anilines is 1. The van der Waals surface area contributed by atoms with Gasteiger partial charge in [-0.05, 0) is 47.4 Å². The molecule has 0 unspecified atom stereocenters. The highest BCUT2D eigenvalue weighted by Gasteiger charge is 2.27. The Balaban J connectivity index is 1.56. The van der Waals surface area contributed by atoms with Gasteiger partial charge in [-0.2, -0.15) is 13.2 Å². The molecule has 5 nitrogen and oxygen atoms in total. The minimum atomic E-state index is -4.37. The van der Waals surface area contributed by atoms with E-state index in [0.29, 0.717) is 12.1 Å². The summed E-state index contributed by atoms with van der Waals surface area (Å²) in [6, 6.07) is 18.8. The van der Waals surface area contributed by atoms with Gasteiger partial charge in [-0.3, -0.25) is 9.20 Å². The van der Waals surface area contributed by atoms with Gasteiger partial charge in [-0.1, -0.05) is 36.4 Å². The first-order valence-electron chi connectivity index (χ1n) is 10.5. The van der Waals surface area contributed by atoms with E-state index in [1.54, 1.807) is 24.4 Å². The van der Waals surface area contributed by atoms with Crippen LogP contribution in [-0.2, 0) is 11.2 Å². The molecule has 0 bridgehead atoms. The number of aliphatic hydroxyl groups is 1. The third-order valence-corrected chi connectivity index (χ3v) is 5.25. The fourth-order valence-corrected chi connectivity index (χ4v) is 3.64. The van der Waals surface area contributed by atoms with E-state index in [0.717, 1.165) is 33.6 Å². The maximum absolute atomic E-state index is 12.3. The predicted octanol–water partition coefficient (Wildman–Crippen LogP) is 5.48. The largest absolute Gasteiger partial charge is 0.396 e. The third kappa shape index (κ3) is 5.59. The molecule has 0 saturated carbocycles. The van der Waals surface area contributed by atoms with Crippen molar-refractivity contribution in [3.05, 3.63) is 78.6 Å². The second-order valence-electron chi connectivity index (χ2n) is 7.71. The van der Waals surface area contributed by atoms with Gasteiger partial charge in [0, 0.05) is 30.5 Å². The molecule has 0 spiro atoms. The van der Waals surface area contributed by atoms with Crippen molar-refractivity contribution >= 4 is 17.2 Å². The first kappa shape index (κ1) is 22.5. The topological polar surface area (TPSA) is 66.6 Å². The minimum Gasteiger partial charge on any atom is -0.396 e. The molecule has 0 aliphatic heterocycles. The molecule has 4 rings (SSSR count). The number of benzene rings is 2. The summed E-state index contributed by atoms with van der Waals surface area (Å²) in [4.78, 5) is 16.4. The average molecular weight is 453 g/mol. The Morgan fingerprint density at radius 1 is 1.00 bits per heavy atom. The quantitative estimate of drug-likeness (QED) is 0.389. The molecule has 2 heterocycles. The standard InChI is InChI=1S/C25H22F3N3O2/c26-25(27,28)10-7-24(33)30-21-6-2-5-20(14-21)22-16-29-23-15-19(8-11-31(22)23)18-4-1-3-17(13-18)9-12-32/h1-6,8,11,13-16,32H,7,9-10,12H2,(H,30,33). The van der Waals surface area contributed by atoms with Gasteiger partial charge in [-0.15, -0.1) is 0 Å². The molecule has 0 fully saturated rings. The van der Waals surface area contributed by atoms with E-state index in [9.17, 15) is 23.1 Å². The van der Waals surface area contributed by atoms with E-state index in [1.165, 1.54) is 0 Å². The van der Waals surface area contributed by atoms with Gasteiger partial charge in [0.25, 0.3) is 0 Å². The highest BCUT2D eigenvalue weighted by atomic mass is 19.4. The van der Waals surface area contributed by atoms with Gasteiger partial charge < -0.3 is 10.4 Å². The number of hydrogen-bond donors (Lipinski definition) is 2. The van der Waals surface area contributed by atoms with Crippen molar-refractivity contribution in [2.45, 2.75) is 25.4 Å². The predicted molar refractivity (Wildman–Crippen MR) is 121 cm³/mol. The average Bonchev–Trinajstić information content (AvgIpc) is 3.21. The molecule has 33 heavy (non-hydrogen) atoms. The number of hydrogen-bond acceptors (Lipinski definition) is 3. The number of aliphatic hydroxyl groups excluding tert-OH is 1. The van der Waals surface area contributed by atoms with Crippen LogP contribution in [0, 0.1) is 0 Å². The van der Waals surface area contributed by atoms with Crippen molar-refractivity contribution in [2.75, 3.05) is 11.9 Å². The number of aromatic nitrogens is 2. The van der Waals surface area contributed by atoms with Gasteiger partial charge in [0.05, 0.1) is 18.3 Å². The van der Waals surface area contributed by atoms with Gasteiger partial charge >= 0.3 is 6.18 Å². The highest BCUT2D eigenvalue weighted by Crippen LogP contribution is 2.28. The Labute approximate surface area is 188 Å². The summed E-state index contributed by atoms with van der Waals surface area (Å²) in [5, 5.41) is 11.7. The Bertz CT molecular complexity index is 1280. The van der Waals surface area contributed by atoms with Crippen LogP contribution in [0.15, 0.2) is 73.1 Å². The lowest BCUT2D eigenvalue weighted by Gasteiger charge is -2.09. The summed E-state index contributed by atoms with van der Waals surface area (Å²) >= 11 is 0. The molecule has 8 heteroatoms. The number of imidazole rings is 1. The van der Waals surface area contributed by atoms with Crippen molar-refractivity contribution in [1.82, 2.24) is 9.38 Å². The number of halogens is 3. The summed E-state index contributed by atoms with van der Waals surface area (Å²) in [5.74, 6) is -0.685. The number of rotatable bonds is 7.